The number of aliphatic hydroxyl groups is 3. The smallest absolute Gasteiger partial charge is 0.314 e. The minimum atomic E-state index is -1.63. The van der Waals surface area contributed by atoms with Gasteiger partial charge in [-0.1, -0.05) is 25.5 Å². The highest BCUT2D eigenvalue weighted by Crippen LogP contribution is 2.33. The first-order valence-corrected chi connectivity index (χ1v) is 10.3. The van der Waals surface area contributed by atoms with Gasteiger partial charge in [0.1, 0.15) is 36.8 Å². The fraction of sp³-hybridized carbons (Fsp3) is 0.571. The van der Waals surface area contributed by atoms with Gasteiger partial charge in [-0.15, -0.1) is 0 Å². The monoisotopic (exact) mass is 436 g/mol. The van der Waals surface area contributed by atoms with Crippen molar-refractivity contribution in [3.8, 4) is 5.75 Å². The Bertz CT molecular complexity index is 814. The predicted molar refractivity (Wildman–Crippen MR) is 106 cm³/mol. The third kappa shape index (κ3) is 4.51. The lowest BCUT2D eigenvalue weighted by molar-refractivity contribution is -0.192. The van der Waals surface area contributed by atoms with Crippen molar-refractivity contribution in [1.29, 1.82) is 0 Å². The van der Waals surface area contributed by atoms with E-state index in [1.807, 2.05) is 6.92 Å². The quantitative estimate of drug-likeness (QED) is 0.363. The van der Waals surface area contributed by atoms with Crippen LogP contribution in [0.4, 0.5) is 0 Å². The van der Waals surface area contributed by atoms with Crippen molar-refractivity contribution >= 4 is 17.8 Å². The third-order valence-electron chi connectivity index (χ3n) is 5.70. The summed E-state index contributed by atoms with van der Waals surface area (Å²) in [7, 11) is 1.52. The van der Waals surface area contributed by atoms with Crippen LogP contribution >= 0.6 is 0 Å². The van der Waals surface area contributed by atoms with Gasteiger partial charge in [0.05, 0.1) is 13.2 Å². The Morgan fingerprint density at radius 3 is 2.32 bits per heavy atom. The number of carbonyl (C=O) groups is 3. The number of esters is 1. The fourth-order valence-corrected chi connectivity index (χ4v) is 3.93. The summed E-state index contributed by atoms with van der Waals surface area (Å²) >= 11 is 0. The molecule has 1 aromatic rings. The van der Waals surface area contributed by atoms with Crippen molar-refractivity contribution in [2.75, 3.05) is 13.7 Å². The summed E-state index contributed by atoms with van der Waals surface area (Å²) in [5.41, 5.74) is 0.680. The fourth-order valence-electron chi connectivity index (χ4n) is 3.93. The van der Waals surface area contributed by atoms with Crippen LogP contribution in [0.25, 0.3) is 0 Å². The van der Waals surface area contributed by atoms with E-state index in [1.165, 1.54) is 7.11 Å². The van der Waals surface area contributed by atoms with Gasteiger partial charge in [0.15, 0.2) is 0 Å². The standard InChI is InChI=1S/C21H28N2O8/c1-3-4-5-15(24)31-11-14-16(25)17(26)18(27)19-22(20(28)21(29)23(14)19)10-12-6-8-13(30-2)9-7-12/h6-9,14,16-19,25-27H,3-5,10-11H2,1-2H3/t14-,16-,17+,18+,19+/m1/s1. The minimum absolute atomic E-state index is 0.00137. The van der Waals surface area contributed by atoms with Gasteiger partial charge >= 0.3 is 17.8 Å². The van der Waals surface area contributed by atoms with Crippen molar-refractivity contribution < 1.29 is 39.2 Å². The molecule has 2 aliphatic rings. The Labute approximate surface area is 180 Å². The van der Waals surface area contributed by atoms with Crippen LogP contribution in [-0.2, 0) is 25.7 Å². The Kier molecular flexibility index (Phi) is 7.14. The van der Waals surface area contributed by atoms with Crippen LogP contribution < -0.4 is 4.74 Å². The zero-order valence-corrected chi connectivity index (χ0v) is 17.5. The minimum Gasteiger partial charge on any atom is -0.497 e. The second-order valence-corrected chi connectivity index (χ2v) is 7.73. The van der Waals surface area contributed by atoms with Crippen molar-refractivity contribution in [1.82, 2.24) is 9.80 Å². The van der Waals surface area contributed by atoms with Crippen molar-refractivity contribution in [2.24, 2.45) is 0 Å². The highest BCUT2D eigenvalue weighted by molar-refractivity contribution is 6.37. The predicted octanol–water partition coefficient (Wildman–Crippen LogP) is -0.610. The van der Waals surface area contributed by atoms with Gasteiger partial charge in [0.2, 0.25) is 0 Å². The molecule has 10 heteroatoms. The number of hydrogen-bond donors (Lipinski definition) is 3. The molecule has 1 aromatic carbocycles. The molecule has 0 unspecified atom stereocenters. The number of ether oxygens (including phenoxy) is 2. The Hall–Kier alpha value is -2.69. The highest BCUT2D eigenvalue weighted by Gasteiger charge is 2.59. The number of aliphatic hydroxyl groups excluding tert-OH is 3. The second kappa shape index (κ2) is 9.63. The summed E-state index contributed by atoms with van der Waals surface area (Å²) in [6.45, 7) is 1.53. The molecule has 170 valence electrons. The first kappa shape index (κ1) is 23.0. The van der Waals surface area contributed by atoms with Gasteiger partial charge in [-0.3, -0.25) is 14.4 Å². The molecular formula is C21H28N2O8. The first-order valence-electron chi connectivity index (χ1n) is 10.3. The van der Waals surface area contributed by atoms with Crippen molar-refractivity contribution in [2.45, 2.75) is 63.3 Å². The lowest BCUT2D eigenvalue weighted by atomic mass is 9.92. The molecule has 2 fully saturated rings. The highest BCUT2D eigenvalue weighted by atomic mass is 16.5. The SMILES string of the molecule is CCCCC(=O)OC[C@@H]1[C@@H](O)[C@H](O)[C@H](O)[C@H]2N(Cc3ccc(OC)cc3)C(=O)C(=O)N12. The van der Waals surface area contributed by atoms with E-state index in [0.717, 1.165) is 16.2 Å². The summed E-state index contributed by atoms with van der Waals surface area (Å²) in [5, 5.41) is 31.4. The number of unbranched alkanes of at least 4 members (excludes halogenated alkanes) is 1. The molecule has 31 heavy (non-hydrogen) atoms. The molecular weight excluding hydrogens is 408 g/mol. The molecule has 2 saturated heterocycles. The van der Waals surface area contributed by atoms with Crippen LogP contribution in [0.15, 0.2) is 24.3 Å². The van der Waals surface area contributed by atoms with Gasteiger partial charge in [-0.05, 0) is 24.1 Å². The van der Waals surface area contributed by atoms with Crippen LogP contribution in [0, 0.1) is 0 Å². The average Bonchev–Trinajstić information content (AvgIpc) is 3.01. The van der Waals surface area contributed by atoms with E-state index in [1.54, 1.807) is 24.3 Å². The maximum absolute atomic E-state index is 12.7. The van der Waals surface area contributed by atoms with Crippen LogP contribution in [0.2, 0.25) is 0 Å². The van der Waals surface area contributed by atoms with Crippen LogP contribution in [0.3, 0.4) is 0 Å². The zero-order chi connectivity index (χ0) is 22.7. The average molecular weight is 436 g/mol. The Morgan fingerprint density at radius 2 is 1.71 bits per heavy atom. The van der Waals surface area contributed by atoms with Crippen molar-refractivity contribution in [3.05, 3.63) is 29.8 Å². The summed E-state index contributed by atoms with van der Waals surface area (Å²) < 4.78 is 10.3. The Morgan fingerprint density at radius 1 is 1.03 bits per heavy atom. The number of benzene rings is 1. The number of nitrogens with zero attached hydrogens (tertiary/aromatic N) is 2. The first-order chi connectivity index (χ1) is 14.8. The van der Waals surface area contributed by atoms with E-state index in [9.17, 15) is 29.7 Å². The lowest BCUT2D eigenvalue weighted by Gasteiger charge is -2.46. The number of hydrogen-bond acceptors (Lipinski definition) is 8. The molecule has 0 bridgehead atoms. The van der Waals surface area contributed by atoms with Crippen LogP contribution in [-0.4, -0.2) is 87.1 Å². The normalized spacial score (nSPS) is 28.0. The molecule has 10 nitrogen and oxygen atoms in total. The molecule has 5 atom stereocenters. The van der Waals surface area contributed by atoms with Gasteiger partial charge in [-0.25, -0.2) is 0 Å². The van der Waals surface area contributed by atoms with E-state index in [2.05, 4.69) is 0 Å². The number of carbonyl (C=O) groups excluding carboxylic acids is 3. The van der Waals surface area contributed by atoms with Gasteiger partial charge < -0.3 is 34.6 Å². The summed E-state index contributed by atoms with van der Waals surface area (Å²) in [6.07, 6.45) is -4.37. The van der Waals surface area contributed by atoms with Crippen LogP contribution in [0.5, 0.6) is 5.75 Å². The molecule has 0 radical (unpaired) electrons. The van der Waals surface area contributed by atoms with E-state index >= 15 is 0 Å². The van der Waals surface area contributed by atoms with E-state index in [4.69, 9.17) is 9.47 Å². The van der Waals surface area contributed by atoms with Gasteiger partial charge in [-0.2, -0.15) is 0 Å². The third-order valence-corrected chi connectivity index (χ3v) is 5.70. The number of methoxy groups -OCH3 is 1. The molecule has 2 heterocycles. The van der Waals surface area contributed by atoms with E-state index in [0.29, 0.717) is 17.7 Å². The molecule has 0 aromatic heterocycles. The second-order valence-electron chi connectivity index (χ2n) is 7.73. The maximum atomic E-state index is 12.7. The summed E-state index contributed by atoms with van der Waals surface area (Å²) in [6, 6.07) is 5.67. The number of amides is 2. The van der Waals surface area contributed by atoms with Crippen LogP contribution in [0.1, 0.15) is 31.7 Å². The zero-order valence-electron chi connectivity index (χ0n) is 17.5. The Balaban J connectivity index is 1.81. The lowest BCUT2D eigenvalue weighted by Crippen LogP contribution is -2.68. The van der Waals surface area contributed by atoms with Crippen molar-refractivity contribution in [3.63, 3.8) is 0 Å². The van der Waals surface area contributed by atoms with E-state index < -0.39 is 48.3 Å². The maximum Gasteiger partial charge on any atom is 0.314 e. The number of fused-ring (bicyclic) bond motifs is 1. The molecule has 2 aliphatic heterocycles. The molecule has 0 spiro atoms. The van der Waals surface area contributed by atoms with E-state index in [-0.39, 0.29) is 19.6 Å². The number of piperidine rings is 1. The van der Waals surface area contributed by atoms with Gasteiger partial charge in [0.25, 0.3) is 0 Å². The summed E-state index contributed by atoms with van der Waals surface area (Å²) in [5.74, 6) is -1.68. The molecule has 2 amide bonds. The largest absolute Gasteiger partial charge is 0.497 e. The molecule has 3 rings (SSSR count). The molecule has 0 saturated carbocycles. The molecule has 0 aliphatic carbocycles. The number of rotatable bonds is 8. The summed E-state index contributed by atoms with van der Waals surface area (Å²) in [4.78, 5) is 39.5. The van der Waals surface area contributed by atoms with Gasteiger partial charge in [0, 0.05) is 13.0 Å². The topological polar surface area (TPSA) is 137 Å². The molecule has 3 N–H and O–H groups in total.